The van der Waals surface area contributed by atoms with Crippen LogP contribution in [0.15, 0.2) is 0 Å². The zero-order valence-electron chi connectivity index (χ0n) is 17.3. The lowest BCUT2D eigenvalue weighted by atomic mass is 10.0. The summed E-state index contributed by atoms with van der Waals surface area (Å²) in [5.41, 5.74) is 0. The summed E-state index contributed by atoms with van der Waals surface area (Å²) in [5, 5.41) is 12.3. The highest BCUT2D eigenvalue weighted by molar-refractivity contribution is 8.23. The van der Waals surface area contributed by atoms with Crippen LogP contribution in [0.3, 0.4) is 0 Å². The SMILES string of the molecule is CCCCCCCCCCCCCCCC(=S)SC(O)(CC)NC(C)=S. The van der Waals surface area contributed by atoms with E-state index >= 15 is 0 Å². The molecule has 2 nitrogen and oxygen atoms in total. The summed E-state index contributed by atoms with van der Waals surface area (Å²) in [6.45, 7) is 5.99. The van der Waals surface area contributed by atoms with Gasteiger partial charge in [-0.25, -0.2) is 0 Å². The average molecular weight is 420 g/mol. The van der Waals surface area contributed by atoms with Crippen molar-refractivity contribution in [1.82, 2.24) is 5.32 Å². The van der Waals surface area contributed by atoms with Gasteiger partial charge in [0.05, 0.1) is 9.19 Å². The molecule has 1 atom stereocenters. The van der Waals surface area contributed by atoms with Crippen molar-refractivity contribution >= 4 is 45.4 Å². The number of thioether (sulfide) groups is 1. The minimum Gasteiger partial charge on any atom is -0.362 e. The summed E-state index contributed by atoms with van der Waals surface area (Å²) < 4.78 is 0.876. The number of hydrogen-bond acceptors (Lipinski definition) is 4. The van der Waals surface area contributed by atoms with Crippen LogP contribution in [0.25, 0.3) is 0 Å². The molecule has 0 aliphatic heterocycles. The lowest BCUT2D eigenvalue weighted by Gasteiger charge is -2.27. The molecule has 0 amide bonds. The molecule has 0 rings (SSSR count). The van der Waals surface area contributed by atoms with Gasteiger partial charge in [-0.05, 0) is 19.8 Å². The number of aliphatic hydroxyl groups is 1. The molecule has 0 saturated heterocycles. The Labute approximate surface area is 177 Å². The number of hydrogen-bond donors (Lipinski definition) is 2. The molecule has 154 valence electrons. The molecular formula is C21H41NOS3. The van der Waals surface area contributed by atoms with Gasteiger partial charge in [-0.3, -0.25) is 0 Å². The first kappa shape index (κ1) is 26.3. The topological polar surface area (TPSA) is 32.3 Å². The summed E-state index contributed by atoms with van der Waals surface area (Å²) >= 11 is 11.8. The molecule has 0 aromatic carbocycles. The maximum absolute atomic E-state index is 10.4. The highest BCUT2D eigenvalue weighted by Crippen LogP contribution is 2.27. The van der Waals surface area contributed by atoms with Crippen LogP contribution >= 0.6 is 36.2 Å². The predicted molar refractivity (Wildman–Crippen MR) is 127 cm³/mol. The van der Waals surface area contributed by atoms with Crippen LogP contribution in [-0.2, 0) is 0 Å². The van der Waals surface area contributed by atoms with Crippen molar-refractivity contribution in [2.45, 2.75) is 122 Å². The average Bonchev–Trinajstić information content (AvgIpc) is 2.58. The predicted octanol–water partition coefficient (Wildman–Crippen LogP) is 7.52. The summed E-state index contributed by atoms with van der Waals surface area (Å²) in [6.07, 6.45) is 19.1. The zero-order valence-corrected chi connectivity index (χ0v) is 19.7. The number of nitrogens with one attached hydrogen (secondary N) is 1. The minimum atomic E-state index is -1.04. The molecule has 2 N–H and O–H groups in total. The van der Waals surface area contributed by atoms with Crippen LogP contribution in [0.4, 0.5) is 0 Å². The van der Waals surface area contributed by atoms with E-state index in [0.717, 1.165) is 17.0 Å². The second kappa shape index (κ2) is 17.4. The highest BCUT2D eigenvalue weighted by Gasteiger charge is 2.26. The van der Waals surface area contributed by atoms with Gasteiger partial charge < -0.3 is 10.4 Å². The Hall–Kier alpha value is 0.290. The Balaban J connectivity index is 3.49. The molecule has 0 saturated carbocycles. The zero-order chi connectivity index (χ0) is 19.7. The third kappa shape index (κ3) is 16.5. The van der Waals surface area contributed by atoms with Crippen molar-refractivity contribution in [2.75, 3.05) is 0 Å². The van der Waals surface area contributed by atoms with Crippen LogP contribution in [0, 0.1) is 0 Å². The van der Waals surface area contributed by atoms with E-state index in [2.05, 4.69) is 12.2 Å². The summed E-state index contributed by atoms with van der Waals surface area (Å²) in [4.78, 5) is 0.602. The summed E-state index contributed by atoms with van der Waals surface area (Å²) in [6, 6.07) is 0. The Morgan fingerprint density at radius 1 is 0.808 bits per heavy atom. The van der Waals surface area contributed by atoms with Crippen LogP contribution in [0.2, 0.25) is 0 Å². The van der Waals surface area contributed by atoms with E-state index in [1.54, 1.807) is 6.92 Å². The monoisotopic (exact) mass is 419 g/mol. The lowest BCUT2D eigenvalue weighted by molar-refractivity contribution is 0.120. The first-order valence-electron chi connectivity index (χ1n) is 10.7. The van der Waals surface area contributed by atoms with Crippen LogP contribution < -0.4 is 5.32 Å². The van der Waals surface area contributed by atoms with E-state index < -0.39 is 5.06 Å². The normalized spacial score (nSPS) is 13.4. The third-order valence-corrected chi connectivity index (χ3v) is 6.33. The van der Waals surface area contributed by atoms with E-state index in [-0.39, 0.29) is 0 Å². The minimum absolute atomic E-state index is 0.574. The maximum atomic E-state index is 10.4. The van der Waals surface area contributed by atoms with Gasteiger partial charge in [0, 0.05) is 6.42 Å². The first-order chi connectivity index (χ1) is 12.4. The van der Waals surface area contributed by atoms with E-state index in [9.17, 15) is 5.11 Å². The number of unbranched alkanes of at least 4 members (excludes halogenated alkanes) is 12. The third-order valence-electron chi connectivity index (χ3n) is 4.62. The molecule has 0 bridgehead atoms. The fraction of sp³-hybridized carbons (Fsp3) is 0.905. The molecule has 0 heterocycles. The van der Waals surface area contributed by atoms with Crippen LogP contribution in [0.1, 0.15) is 117 Å². The first-order valence-corrected chi connectivity index (χ1v) is 12.3. The molecule has 1 unspecified atom stereocenters. The fourth-order valence-corrected chi connectivity index (χ4v) is 4.75. The number of thiocarbonyl (C=S) groups is 2. The van der Waals surface area contributed by atoms with E-state index in [1.807, 2.05) is 6.92 Å². The van der Waals surface area contributed by atoms with Gasteiger partial charge in [-0.1, -0.05) is 127 Å². The van der Waals surface area contributed by atoms with E-state index in [4.69, 9.17) is 24.4 Å². The van der Waals surface area contributed by atoms with Gasteiger partial charge in [0.15, 0.2) is 5.06 Å². The highest BCUT2D eigenvalue weighted by atomic mass is 32.2. The molecule has 0 fully saturated rings. The smallest absolute Gasteiger partial charge is 0.189 e. The van der Waals surface area contributed by atoms with Gasteiger partial charge in [-0.15, -0.1) is 0 Å². The molecular weight excluding hydrogens is 378 g/mol. The van der Waals surface area contributed by atoms with Crippen molar-refractivity contribution in [1.29, 1.82) is 0 Å². The quantitative estimate of drug-likeness (QED) is 0.145. The second-order valence-electron chi connectivity index (χ2n) is 7.29. The van der Waals surface area contributed by atoms with Crippen LogP contribution in [0.5, 0.6) is 0 Å². The van der Waals surface area contributed by atoms with Gasteiger partial charge in [0.25, 0.3) is 0 Å². The molecule has 0 spiro atoms. The summed E-state index contributed by atoms with van der Waals surface area (Å²) in [7, 11) is 0. The van der Waals surface area contributed by atoms with E-state index in [0.29, 0.717) is 11.4 Å². The van der Waals surface area contributed by atoms with Crippen LogP contribution in [-0.4, -0.2) is 19.3 Å². The molecule has 0 radical (unpaired) electrons. The lowest BCUT2D eigenvalue weighted by Crippen LogP contribution is -2.44. The second-order valence-corrected chi connectivity index (χ2v) is 10.0. The van der Waals surface area contributed by atoms with E-state index in [1.165, 1.54) is 88.8 Å². The summed E-state index contributed by atoms with van der Waals surface area (Å²) in [5.74, 6) is 0. The van der Waals surface area contributed by atoms with Gasteiger partial charge in [-0.2, -0.15) is 0 Å². The van der Waals surface area contributed by atoms with Crippen molar-refractivity contribution in [2.24, 2.45) is 0 Å². The molecule has 0 aliphatic carbocycles. The Morgan fingerprint density at radius 3 is 1.62 bits per heavy atom. The van der Waals surface area contributed by atoms with Crippen molar-refractivity contribution < 1.29 is 5.11 Å². The Morgan fingerprint density at radius 2 is 1.23 bits per heavy atom. The molecule has 0 aromatic rings. The number of rotatable bonds is 17. The largest absolute Gasteiger partial charge is 0.362 e. The van der Waals surface area contributed by atoms with Crippen molar-refractivity contribution in [3.8, 4) is 0 Å². The molecule has 5 heteroatoms. The maximum Gasteiger partial charge on any atom is 0.189 e. The fourth-order valence-electron chi connectivity index (χ4n) is 2.99. The van der Waals surface area contributed by atoms with Gasteiger partial charge >= 0.3 is 0 Å². The molecule has 26 heavy (non-hydrogen) atoms. The molecule has 0 aliphatic rings. The molecule has 0 aromatic heterocycles. The standard InChI is InChI=1S/C21H41NOS3/c1-4-6-7-8-9-10-11-12-13-14-15-16-17-18-20(25)26-21(23,5-2)22-19(3)24/h23H,4-18H2,1-3H3,(H,22,24). The van der Waals surface area contributed by atoms with Gasteiger partial charge in [0.1, 0.15) is 0 Å². The van der Waals surface area contributed by atoms with Crippen molar-refractivity contribution in [3.63, 3.8) is 0 Å². The van der Waals surface area contributed by atoms with Gasteiger partial charge in [0.2, 0.25) is 0 Å². The Bertz CT molecular complexity index is 376. The van der Waals surface area contributed by atoms with Crippen molar-refractivity contribution in [3.05, 3.63) is 0 Å². The Kier molecular flexibility index (Phi) is 17.6.